The molecule has 134 valence electrons. The minimum atomic E-state index is -0.358. The van der Waals surface area contributed by atoms with Gasteiger partial charge in [0.1, 0.15) is 17.7 Å². The summed E-state index contributed by atoms with van der Waals surface area (Å²) in [6.45, 7) is 4.17. The van der Waals surface area contributed by atoms with Gasteiger partial charge in [-0.25, -0.2) is 4.98 Å². The average Bonchev–Trinajstić information content (AvgIpc) is 2.99. The van der Waals surface area contributed by atoms with Crippen LogP contribution in [-0.4, -0.2) is 25.7 Å². The lowest BCUT2D eigenvalue weighted by atomic mass is 9.95. The first kappa shape index (κ1) is 17.4. The Bertz CT molecular complexity index is 821. The number of rotatable bonds is 5. The average molecular weight is 343 g/mol. The highest BCUT2D eigenvalue weighted by Crippen LogP contribution is 2.21. The second-order valence-corrected chi connectivity index (χ2v) is 7.12. The second-order valence-electron chi connectivity index (χ2n) is 7.12. The fourth-order valence-electron chi connectivity index (χ4n) is 3.40. The highest BCUT2D eigenvalue weighted by atomic mass is 16.2. The van der Waals surface area contributed by atoms with E-state index in [9.17, 15) is 9.59 Å². The number of hydrogen-bond acceptors (Lipinski definition) is 4. The van der Waals surface area contributed by atoms with Gasteiger partial charge in [0.2, 0.25) is 0 Å². The van der Waals surface area contributed by atoms with Crippen LogP contribution in [0.25, 0.3) is 0 Å². The number of aromatic nitrogens is 4. The van der Waals surface area contributed by atoms with Gasteiger partial charge in [-0.2, -0.15) is 5.10 Å². The van der Waals surface area contributed by atoms with Crippen molar-refractivity contribution in [2.24, 2.45) is 13.0 Å². The summed E-state index contributed by atoms with van der Waals surface area (Å²) in [5.41, 5.74) is 1.91. The van der Waals surface area contributed by atoms with Crippen molar-refractivity contribution in [3.05, 3.63) is 45.4 Å². The molecule has 0 saturated heterocycles. The second kappa shape index (κ2) is 7.21. The molecule has 25 heavy (non-hydrogen) atoms. The molecule has 0 fully saturated rings. The zero-order chi connectivity index (χ0) is 18.0. The maximum atomic E-state index is 12.8. The van der Waals surface area contributed by atoms with Gasteiger partial charge in [-0.05, 0) is 49.7 Å². The molecule has 7 nitrogen and oxygen atoms in total. The number of amides is 1. The normalized spacial score (nSPS) is 15.0. The number of nitrogens with one attached hydrogen (secondary N) is 2. The van der Waals surface area contributed by atoms with Crippen LogP contribution in [0.15, 0.2) is 17.2 Å². The Morgan fingerprint density at radius 3 is 2.80 bits per heavy atom. The Hall–Kier alpha value is -2.44. The first-order valence-electron chi connectivity index (χ1n) is 8.85. The number of pyridine rings is 1. The molecule has 0 aromatic carbocycles. The molecule has 0 bridgehead atoms. The number of carbonyl (C=O) groups excluding carboxylic acids is 1. The summed E-state index contributed by atoms with van der Waals surface area (Å²) in [5.74, 6) is 0.698. The molecule has 0 unspecified atom stereocenters. The number of carbonyl (C=O) groups is 1. The number of H-pyrrole nitrogens is 1. The Morgan fingerprint density at radius 1 is 1.36 bits per heavy atom. The van der Waals surface area contributed by atoms with Crippen LogP contribution in [0.2, 0.25) is 0 Å². The molecular formula is C18H25N5O2. The van der Waals surface area contributed by atoms with E-state index in [1.807, 2.05) is 0 Å². The monoisotopic (exact) mass is 343 g/mol. The minimum absolute atomic E-state index is 0.177. The van der Waals surface area contributed by atoms with Crippen molar-refractivity contribution >= 4 is 5.91 Å². The number of aromatic amines is 1. The molecule has 2 heterocycles. The van der Waals surface area contributed by atoms with Crippen molar-refractivity contribution in [1.82, 2.24) is 25.1 Å². The van der Waals surface area contributed by atoms with Gasteiger partial charge in [0.15, 0.2) is 0 Å². The third-order valence-electron chi connectivity index (χ3n) is 4.65. The van der Waals surface area contributed by atoms with Crippen molar-refractivity contribution in [3.63, 3.8) is 0 Å². The van der Waals surface area contributed by atoms with Gasteiger partial charge in [-0.15, -0.1) is 0 Å². The molecular weight excluding hydrogens is 318 g/mol. The Kier molecular flexibility index (Phi) is 5.01. The molecule has 0 aliphatic heterocycles. The van der Waals surface area contributed by atoms with E-state index in [-0.39, 0.29) is 23.1 Å². The molecule has 0 spiro atoms. The number of nitrogens with zero attached hydrogens (tertiary/aromatic N) is 3. The van der Waals surface area contributed by atoms with Crippen LogP contribution in [-0.2, 0) is 19.9 Å². The maximum Gasteiger partial charge on any atom is 0.261 e. The van der Waals surface area contributed by atoms with Gasteiger partial charge in [-0.3, -0.25) is 14.3 Å². The van der Waals surface area contributed by atoms with Crippen LogP contribution in [0.4, 0.5) is 0 Å². The molecule has 1 amide bonds. The predicted molar refractivity (Wildman–Crippen MR) is 94.4 cm³/mol. The summed E-state index contributed by atoms with van der Waals surface area (Å²) in [7, 11) is 1.80. The summed E-state index contributed by atoms with van der Waals surface area (Å²) in [4.78, 5) is 32.2. The molecule has 1 aliphatic carbocycles. The zero-order valence-corrected chi connectivity index (χ0v) is 15.0. The molecule has 7 heteroatoms. The lowest BCUT2D eigenvalue weighted by Crippen LogP contribution is -2.35. The summed E-state index contributed by atoms with van der Waals surface area (Å²) in [5, 5.41) is 7.06. The van der Waals surface area contributed by atoms with Crippen molar-refractivity contribution < 1.29 is 4.79 Å². The maximum absolute atomic E-state index is 12.8. The van der Waals surface area contributed by atoms with Gasteiger partial charge < -0.3 is 10.3 Å². The van der Waals surface area contributed by atoms with E-state index in [0.717, 1.165) is 43.4 Å². The van der Waals surface area contributed by atoms with Crippen LogP contribution in [0.1, 0.15) is 66.6 Å². The number of fused-ring (bicyclic) bond motifs is 1. The molecule has 1 atom stereocenters. The van der Waals surface area contributed by atoms with Crippen molar-refractivity contribution in [2.45, 2.75) is 52.0 Å². The molecule has 1 aliphatic rings. The third kappa shape index (κ3) is 3.81. The fraction of sp³-hybridized carbons (Fsp3) is 0.556. The quantitative estimate of drug-likeness (QED) is 0.867. The Morgan fingerprint density at radius 2 is 2.12 bits per heavy atom. The zero-order valence-electron chi connectivity index (χ0n) is 15.0. The van der Waals surface area contributed by atoms with Crippen LogP contribution in [0, 0.1) is 5.92 Å². The van der Waals surface area contributed by atoms with Crippen LogP contribution < -0.4 is 10.9 Å². The first-order chi connectivity index (χ1) is 12.0. The summed E-state index contributed by atoms with van der Waals surface area (Å²) in [6, 6.07) is 1.47. The van der Waals surface area contributed by atoms with Gasteiger partial charge in [0.25, 0.3) is 11.5 Å². The number of hydrogen-bond donors (Lipinski definition) is 2. The molecule has 2 N–H and O–H groups in total. The summed E-state index contributed by atoms with van der Waals surface area (Å²) < 4.78 is 1.66. The Balaban J connectivity index is 1.86. The molecule has 2 aromatic rings. The minimum Gasteiger partial charge on any atom is -0.342 e. The predicted octanol–water partition coefficient (Wildman–Crippen LogP) is 1.90. The van der Waals surface area contributed by atoms with Crippen LogP contribution in [0.5, 0.6) is 0 Å². The molecule has 0 radical (unpaired) electrons. The lowest BCUT2D eigenvalue weighted by molar-refractivity contribution is 0.0927. The van der Waals surface area contributed by atoms with Gasteiger partial charge in [0.05, 0.1) is 6.04 Å². The fourth-order valence-corrected chi connectivity index (χ4v) is 3.40. The van der Waals surface area contributed by atoms with Crippen molar-refractivity contribution in [2.75, 3.05) is 0 Å². The molecule has 2 aromatic heterocycles. The van der Waals surface area contributed by atoms with Gasteiger partial charge in [0, 0.05) is 12.7 Å². The first-order valence-corrected chi connectivity index (χ1v) is 8.85. The van der Waals surface area contributed by atoms with Crippen LogP contribution in [0.3, 0.4) is 0 Å². The SMILES string of the molecule is CC(C)C[C@H](NC(=O)c1cc2c([nH]c1=O)CCCC2)c1ncnn1C. The molecule has 3 rings (SSSR count). The van der Waals surface area contributed by atoms with E-state index in [4.69, 9.17) is 0 Å². The van der Waals surface area contributed by atoms with E-state index in [0.29, 0.717) is 11.7 Å². The highest BCUT2D eigenvalue weighted by Gasteiger charge is 2.23. The van der Waals surface area contributed by atoms with Crippen LogP contribution >= 0.6 is 0 Å². The topological polar surface area (TPSA) is 92.7 Å². The van der Waals surface area contributed by atoms with E-state index in [1.165, 1.54) is 6.33 Å². The smallest absolute Gasteiger partial charge is 0.261 e. The van der Waals surface area contributed by atoms with E-state index >= 15 is 0 Å². The van der Waals surface area contributed by atoms with E-state index in [2.05, 4.69) is 34.2 Å². The Labute approximate surface area is 146 Å². The summed E-state index contributed by atoms with van der Waals surface area (Å²) in [6.07, 6.45) is 6.15. The standard InChI is InChI=1S/C18H25N5O2/c1-11(2)8-15(16-19-10-20-23(16)3)22-18(25)13-9-12-6-4-5-7-14(12)21-17(13)24/h9-11,15H,4-8H2,1-3H3,(H,21,24)(H,22,25)/t15-/m0/s1. The molecule has 0 saturated carbocycles. The van der Waals surface area contributed by atoms with Gasteiger partial charge in [-0.1, -0.05) is 13.8 Å². The third-order valence-corrected chi connectivity index (χ3v) is 4.65. The van der Waals surface area contributed by atoms with Gasteiger partial charge >= 0.3 is 0 Å². The van der Waals surface area contributed by atoms with E-state index in [1.54, 1.807) is 17.8 Å². The summed E-state index contributed by atoms with van der Waals surface area (Å²) >= 11 is 0. The van der Waals surface area contributed by atoms with Crippen molar-refractivity contribution in [3.8, 4) is 0 Å². The highest BCUT2D eigenvalue weighted by molar-refractivity contribution is 5.94. The largest absolute Gasteiger partial charge is 0.342 e. The van der Waals surface area contributed by atoms with Crippen molar-refractivity contribution in [1.29, 1.82) is 0 Å². The lowest BCUT2D eigenvalue weighted by Gasteiger charge is -2.20. The van der Waals surface area contributed by atoms with E-state index < -0.39 is 0 Å². The number of aryl methyl sites for hydroxylation is 3.